The number of nitrogens with zero attached hydrogens (tertiary/aromatic N) is 3. The van der Waals surface area contributed by atoms with E-state index in [-0.39, 0.29) is 5.69 Å². The Bertz CT molecular complexity index is 1220. The van der Waals surface area contributed by atoms with Crippen molar-refractivity contribution in [3.05, 3.63) is 84.4 Å². The predicted molar refractivity (Wildman–Crippen MR) is 113 cm³/mol. The zero-order chi connectivity index (χ0) is 20.9. The van der Waals surface area contributed by atoms with Crippen LogP contribution in [0, 0.1) is 0 Å². The molecule has 0 saturated heterocycles. The van der Waals surface area contributed by atoms with E-state index in [0.717, 1.165) is 16.6 Å². The van der Waals surface area contributed by atoms with Gasteiger partial charge in [-0.15, -0.1) is 0 Å². The first-order valence-electron chi connectivity index (χ1n) is 9.06. The zero-order valence-corrected chi connectivity index (χ0v) is 16.0. The molecule has 8 heteroatoms. The van der Waals surface area contributed by atoms with Crippen molar-refractivity contribution in [1.29, 1.82) is 0 Å². The van der Waals surface area contributed by atoms with Crippen LogP contribution in [0.2, 0.25) is 0 Å². The highest BCUT2D eigenvalue weighted by molar-refractivity contribution is 6.03. The number of benzene rings is 2. The Kier molecular flexibility index (Phi) is 5.29. The van der Waals surface area contributed by atoms with Gasteiger partial charge >= 0.3 is 5.97 Å². The number of hydrogen-bond acceptors (Lipinski definition) is 7. The minimum absolute atomic E-state index is 0.139. The van der Waals surface area contributed by atoms with Gasteiger partial charge in [-0.25, -0.2) is 14.8 Å². The molecule has 2 aromatic heterocycles. The minimum atomic E-state index is -0.482. The van der Waals surface area contributed by atoms with E-state index in [1.54, 1.807) is 24.4 Å². The summed E-state index contributed by atoms with van der Waals surface area (Å²) in [7, 11) is 1.30. The molecule has 1 amide bonds. The second-order valence-electron chi connectivity index (χ2n) is 6.32. The average molecular weight is 399 g/mol. The lowest BCUT2D eigenvalue weighted by molar-refractivity contribution is 0.0600. The maximum absolute atomic E-state index is 12.4. The average Bonchev–Trinajstić information content (AvgIpc) is 2.79. The fraction of sp³-hybridized carbons (Fsp3) is 0.0455. The van der Waals surface area contributed by atoms with Gasteiger partial charge in [0.1, 0.15) is 11.5 Å². The molecule has 4 aromatic rings. The third kappa shape index (κ3) is 4.07. The van der Waals surface area contributed by atoms with Crippen LogP contribution in [0.5, 0.6) is 0 Å². The monoisotopic (exact) mass is 399 g/mol. The first kappa shape index (κ1) is 19.0. The van der Waals surface area contributed by atoms with E-state index in [9.17, 15) is 9.59 Å². The summed E-state index contributed by atoms with van der Waals surface area (Å²) in [5.41, 5.74) is 2.53. The van der Waals surface area contributed by atoms with Gasteiger partial charge in [-0.2, -0.15) is 0 Å². The van der Waals surface area contributed by atoms with Crippen LogP contribution in [0.4, 0.5) is 17.2 Å². The van der Waals surface area contributed by atoms with Crippen molar-refractivity contribution in [1.82, 2.24) is 15.0 Å². The molecule has 0 saturated carbocycles. The number of pyridine rings is 1. The van der Waals surface area contributed by atoms with E-state index < -0.39 is 11.9 Å². The Hall–Kier alpha value is -4.33. The van der Waals surface area contributed by atoms with Crippen molar-refractivity contribution in [2.24, 2.45) is 0 Å². The third-order valence-corrected chi connectivity index (χ3v) is 4.32. The second-order valence-corrected chi connectivity index (χ2v) is 6.32. The predicted octanol–water partition coefficient (Wildman–Crippen LogP) is 3.81. The summed E-state index contributed by atoms with van der Waals surface area (Å²) in [5, 5.41) is 6.86. The van der Waals surface area contributed by atoms with Crippen LogP contribution < -0.4 is 10.6 Å². The number of carbonyl (C=O) groups excluding carboxylic acids is 2. The Labute approximate surface area is 172 Å². The molecule has 2 heterocycles. The standard InChI is InChI=1S/C22H17N5O3/c1-30-22(29)15-6-2-8-16(11-15)26-21(28)18-12-25-19(13-24-18)27-17-9-3-5-14-7-4-10-23-20(14)17/h2-13H,1H3,(H,25,27)(H,26,28). The van der Waals surface area contributed by atoms with Gasteiger partial charge in [0.25, 0.3) is 5.91 Å². The molecule has 0 aliphatic carbocycles. The Morgan fingerprint density at radius 3 is 2.57 bits per heavy atom. The van der Waals surface area contributed by atoms with Crippen LogP contribution in [0.3, 0.4) is 0 Å². The number of anilines is 3. The number of amides is 1. The third-order valence-electron chi connectivity index (χ3n) is 4.32. The van der Waals surface area contributed by atoms with E-state index >= 15 is 0 Å². The molecule has 0 bridgehead atoms. The Morgan fingerprint density at radius 1 is 0.933 bits per heavy atom. The Morgan fingerprint density at radius 2 is 1.77 bits per heavy atom. The van der Waals surface area contributed by atoms with Crippen LogP contribution in [-0.4, -0.2) is 33.9 Å². The largest absolute Gasteiger partial charge is 0.465 e. The number of carbonyl (C=O) groups is 2. The van der Waals surface area contributed by atoms with E-state index in [0.29, 0.717) is 17.1 Å². The minimum Gasteiger partial charge on any atom is -0.465 e. The zero-order valence-electron chi connectivity index (χ0n) is 16.0. The molecule has 0 aliphatic rings. The molecule has 30 heavy (non-hydrogen) atoms. The van der Waals surface area contributed by atoms with Crippen LogP contribution in [-0.2, 0) is 4.74 Å². The number of aromatic nitrogens is 3. The van der Waals surface area contributed by atoms with Crippen molar-refractivity contribution < 1.29 is 14.3 Å². The van der Waals surface area contributed by atoms with Crippen molar-refractivity contribution >= 4 is 40.0 Å². The fourth-order valence-electron chi connectivity index (χ4n) is 2.89. The molecule has 0 atom stereocenters. The summed E-state index contributed by atoms with van der Waals surface area (Å²) in [6.07, 6.45) is 4.57. The van der Waals surface area contributed by atoms with Crippen LogP contribution in [0.1, 0.15) is 20.8 Å². The molecule has 0 radical (unpaired) electrons. The van der Waals surface area contributed by atoms with Gasteiger partial charge < -0.3 is 15.4 Å². The molecule has 0 aliphatic heterocycles. The highest BCUT2D eigenvalue weighted by Crippen LogP contribution is 2.23. The van der Waals surface area contributed by atoms with Crippen molar-refractivity contribution in [2.75, 3.05) is 17.7 Å². The smallest absolute Gasteiger partial charge is 0.337 e. The summed E-state index contributed by atoms with van der Waals surface area (Å²) < 4.78 is 4.68. The van der Waals surface area contributed by atoms with Crippen molar-refractivity contribution in [3.8, 4) is 0 Å². The van der Waals surface area contributed by atoms with E-state index in [2.05, 4.69) is 30.3 Å². The van der Waals surface area contributed by atoms with Gasteiger partial charge in [-0.1, -0.05) is 24.3 Å². The number of methoxy groups -OCH3 is 1. The maximum atomic E-state index is 12.4. The van der Waals surface area contributed by atoms with E-state index in [1.165, 1.54) is 25.6 Å². The van der Waals surface area contributed by atoms with Gasteiger partial charge in [-0.05, 0) is 30.3 Å². The lowest BCUT2D eigenvalue weighted by Gasteiger charge is -2.09. The number of fused-ring (bicyclic) bond motifs is 1. The van der Waals surface area contributed by atoms with Crippen LogP contribution in [0.25, 0.3) is 10.9 Å². The summed E-state index contributed by atoms with van der Waals surface area (Å²) in [5.74, 6) is -0.440. The number of ether oxygens (including phenoxy) is 1. The molecule has 0 unspecified atom stereocenters. The quantitative estimate of drug-likeness (QED) is 0.492. The number of para-hydroxylation sites is 1. The first-order chi connectivity index (χ1) is 14.6. The van der Waals surface area contributed by atoms with Gasteiger partial charge in [0.15, 0.2) is 0 Å². The molecular weight excluding hydrogens is 382 g/mol. The van der Waals surface area contributed by atoms with Crippen LogP contribution in [0.15, 0.2) is 73.2 Å². The number of esters is 1. The summed E-state index contributed by atoms with van der Waals surface area (Å²) in [4.78, 5) is 36.9. The lowest BCUT2D eigenvalue weighted by atomic mass is 10.2. The van der Waals surface area contributed by atoms with E-state index in [4.69, 9.17) is 0 Å². The van der Waals surface area contributed by atoms with Crippen molar-refractivity contribution in [2.45, 2.75) is 0 Å². The number of rotatable bonds is 5. The number of hydrogen-bond donors (Lipinski definition) is 2. The molecule has 148 valence electrons. The SMILES string of the molecule is COC(=O)c1cccc(NC(=O)c2cnc(Nc3cccc4cccnc34)cn2)c1. The van der Waals surface area contributed by atoms with Gasteiger partial charge in [0, 0.05) is 17.3 Å². The van der Waals surface area contributed by atoms with Crippen molar-refractivity contribution in [3.63, 3.8) is 0 Å². The summed E-state index contributed by atoms with van der Waals surface area (Å²) in [6, 6.07) is 16.1. The molecule has 4 rings (SSSR count). The fourth-order valence-corrected chi connectivity index (χ4v) is 2.89. The Balaban J connectivity index is 1.48. The second kappa shape index (κ2) is 8.36. The first-order valence-corrected chi connectivity index (χ1v) is 9.06. The van der Waals surface area contributed by atoms with Gasteiger partial charge in [-0.3, -0.25) is 9.78 Å². The molecule has 2 N–H and O–H groups in total. The maximum Gasteiger partial charge on any atom is 0.337 e. The van der Waals surface area contributed by atoms with Gasteiger partial charge in [0.05, 0.1) is 36.3 Å². The molecule has 0 fully saturated rings. The molecule has 2 aromatic carbocycles. The highest BCUT2D eigenvalue weighted by Gasteiger charge is 2.11. The molecular formula is C22H17N5O3. The number of nitrogens with one attached hydrogen (secondary N) is 2. The summed E-state index contributed by atoms with van der Waals surface area (Å²) in [6.45, 7) is 0. The topological polar surface area (TPSA) is 106 Å². The molecule has 8 nitrogen and oxygen atoms in total. The van der Waals surface area contributed by atoms with Gasteiger partial charge in [0.2, 0.25) is 0 Å². The normalized spacial score (nSPS) is 10.4. The van der Waals surface area contributed by atoms with E-state index in [1.807, 2.05) is 30.3 Å². The molecule has 0 spiro atoms. The lowest BCUT2D eigenvalue weighted by Crippen LogP contribution is -2.14. The van der Waals surface area contributed by atoms with Crippen LogP contribution >= 0.6 is 0 Å². The highest BCUT2D eigenvalue weighted by atomic mass is 16.5. The summed E-state index contributed by atoms with van der Waals surface area (Å²) >= 11 is 0.